The number of likely N-dealkylation sites (tertiary alicyclic amines) is 1. The van der Waals surface area contributed by atoms with Crippen molar-refractivity contribution >= 4 is 5.82 Å². The maximum atomic E-state index is 11.6. The number of nitrogens with one attached hydrogen (secondary N) is 1. The Labute approximate surface area is 129 Å². The van der Waals surface area contributed by atoms with Crippen molar-refractivity contribution in [2.45, 2.75) is 25.4 Å². The standard InChI is InChI=1S/C15H20N6O/c1-20-13(8-17-9-15(20)22)10-21-6-3-12(4-7-21)19-14-2-5-16-11-18-14/h2,5,8-9,11-12H,3-4,6-7,10H2,1H3,(H,16,18,19). The van der Waals surface area contributed by atoms with Gasteiger partial charge in [0.1, 0.15) is 12.1 Å². The second-order valence-electron chi connectivity index (χ2n) is 5.59. The van der Waals surface area contributed by atoms with E-state index in [1.54, 1.807) is 30.3 Å². The van der Waals surface area contributed by atoms with Gasteiger partial charge < -0.3 is 9.88 Å². The zero-order chi connectivity index (χ0) is 15.4. The average molecular weight is 300 g/mol. The molecule has 0 aliphatic carbocycles. The minimum Gasteiger partial charge on any atom is -0.367 e. The van der Waals surface area contributed by atoms with E-state index in [2.05, 4.69) is 25.2 Å². The van der Waals surface area contributed by atoms with Crippen molar-refractivity contribution in [3.05, 3.63) is 47.0 Å². The molecular formula is C15H20N6O. The normalized spacial score (nSPS) is 16.6. The monoisotopic (exact) mass is 300 g/mol. The molecule has 0 aromatic carbocycles. The molecule has 0 saturated carbocycles. The van der Waals surface area contributed by atoms with Crippen molar-refractivity contribution in [2.75, 3.05) is 18.4 Å². The summed E-state index contributed by atoms with van der Waals surface area (Å²) in [6.07, 6.45) is 8.53. The highest BCUT2D eigenvalue weighted by molar-refractivity contribution is 5.33. The SMILES string of the molecule is Cn1c(CN2CCC(Nc3ccncn3)CC2)cncc1=O. The maximum absolute atomic E-state index is 11.6. The van der Waals surface area contributed by atoms with E-state index in [0.717, 1.165) is 44.0 Å². The van der Waals surface area contributed by atoms with E-state index in [4.69, 9.17) is 0 Å². The number of hydrogen-bond acceptors (Lipinski definition) is 6. The molecule has 1 saturated heterocycles. The van der Waals surface area contributed by atoms with Gasteiger partial charge in [-0.1, -0.05) is 0 Å². The van der Waals surface area contributed by atoms with Crippen LogP contribution in [0.2, 0.25) is 0 Å². The summed E-state index contributed by atoms with van der Waals surface area (Å²) in [7, 11) is 1.79. The third-order valence-electron chi connectivity index (χ3n) is 4.08. The Morgan fingerprint density at radius 3 is 2.82 bits per heavy atom. The Hall–Kier alpha value is -2.28. The first-order valence-electron chi connectivity index (χ1n) is 7.47. The zero-order valence-corrected chi connectivity index (χ0v) is 12.6. The fraction of sp³-hybridized carbons (Fsp3) is 0.467. The second-order valence-corrected chi connectivity index (χ2v) is 5.59. The molecule has 116 valence electrons. The van der Waals surface area contributed by atoms with Gasteiger partial charge in [0.25, 0.3) is 5.56 Å². The van der Waals surface area contributed by atoms with E-state index in [-0.39, 0.29) is 5.56 Å². The molecule has 2 aromatic rings. The highest BCUT2D eigenvalue weighted by Gasteiger charge is 2.20. The highest BCUT2D eigenvalue weighted by atomic mass is 16.1. The van der Waals surface area contributed by atoms with E-state index in [1.165, 1.54) is 6.20 Å². The fourth-order valence-electron chi connectivity index (χ4n) is 2.70. The van der Waals surface area contributed by atoms with Crippen LogP contribution in [-0.4, -0.2) is 43.6 Å². The molecule has 0 radical (unpaired) electrons. The lowest BCUT2D eigenvalue weighted by Gasteiger charge is -2.32. The van der Waals surface area contributed by atoms with Gasteiger partial charge in [-0.2, -0.15) is 0 Å². The quantitative estimate of drug-likeness (QED) is 0.893. The smallest absolute Gasteiger partial charge is 0.268 e. The summed E-state index contributed by atoms with van der Waals surface area (Å²) in [5.41, 5.74) is 0.896. The van der Waals surface area contributed by atoms with Gasteiger partial charge in [-0.05, 0) is 18.9 Å². The number of anilines is 1. The van der Waals surface area contributed by atoms with Crippen LogP contribution in [0.25, 0.3) is 0 Å². The average Bonchev–Trinajstić information content (AvgIpc) is 2.55. The van der Waals surface area contributed by atoms with Gasteiger partial charge in [0.15, 0.2) is 0 Å². The summed E-state index contributed by atoms with van der Waals surface area (Å²) < 4.78 is 1.66. The van der Waals surface area contributed by atoms with Gasteiger partial charge in [0.05, 0.1) is 11.9 Å². The van der Waals surface area contributed by atoms with Crippen LogP contribution in [0.1, 0.15) is 18.5 Å². The predicted octanol–water partition coefficient (Wildman–Crippen LogP) is 0.647. The van der Waals surface area contributed by atoms with Gasteiger partial charge in [-0.25, -0.2) is 9.97 Å². The molecule has 0 bridgehead atoms. The number of rotatable bonds is 4. The van der Waals surface area contributed by atoms with E-state index in [0.29, 0.717) is 6.04 Å². The minimum atomic E-state index is -0.0576. The predicted molar refractivity (Wildman–Crippen MR) is 83.4 cm³/mol. The first-order chi connectivity index (χ1) is 10.7. The summed E-state index contributed by atoms with van der Waals surface area (Å²) in [6, 6.07) is 2.32. The number of hydrogen-bond donors (Lipinski definition) is 1. The van der Waals surface area contributed by atoms with Gasteiger partial charge in [0, 0.05) is 45.1 Å². The maximum Gasteiger partial charge on any atom is 0.268 e. The molecule has 1 aliphatic heterocycles. The van der Waals surface area contributed by atoms with E-state index in [1.807, 2.05) is 6.07 Å². The van der Waals surface area contributed by atoms with Crippen molar-refractivity contribution in [2.24, 2.45) is 7.05 Å². The molecule has 1 N–H and O–H groups in total. The van der Waals surface area contributed by atoms with Crippen LogP contribution in [-0.2, 0) is 13.6 Å². The molecule has 3 heterocycles. The first-order valence-corrected chi connectivity index (χ1v) is 7.47. The summed E-state index contributed by atoms with van der Waals surface area (Å²) in [6.45, 7) is 2.75. The van der Waals surface area contributed by atoms with Crippen LogP contribution in [0.15, 0.2) is 35.8 Å². The molecule has 0 spiro atoms. The summed E-state index contributed by atoms with van der Waals surface area (Å²) in [4.78, 5) is 26.1. The summed E-state index contributed by atoms with van der Waals surface area (Å²) in [5.74, 6) is 0.878. The molecule has 22 heavy (non-hydrogen) atoms. The molecule has 2 aromatic heterocycles. The van der Waals surface area contributed by atoms with Crippen LogP contribution < -0.4 is 10.9 Å². The first kappa shape index (κ1) is 14.6. The van der Waals surface area contributed by atoms with Gasteiger partial charge >= 0.3 is 0 Å². The Morgan fingerprint density at radius 1 is 1.27 bits per heavy atom. The lowest BCUT2D eigenvalue weighted by molar-refractivity contribution is 0.206. The Kier molecular flexibility index (Phi) is 4.43. The van der Waals surface area contributed by atoms with Gasteiger partial charge in [-0.3, -0.25) is 14.7 Å². The van der Waals surface area contributed by atoms with Crippen LogP contribution in [0.4, 0.5) is 5.82 Å². The largest absolute Gasteiger partial charge is 0.367 e. The van der Waals surface area contributed by atoms with Gasteiger partial charge in [-0.15, -0.1) is 0 Å². The van der Waals surface area contributed by atoms with Gasteiger partial charge in [0.2, 0.25) is 0 Å². The molecular weight excluding hydrogens is 280 g/mol. The van der Waals surface area contributed by atoms with Crippen molar-refractivity contribution in [1.82, 2.24) is 24.4 Å². The van der Waals surface area contributed by atoms with Crippen LogP contribution >= 0.6 is 0 Å². The Morgan fingerprint density at radius 2 is 2.09 bits per heavy atom. The summed E-state index contributed by atoms with van der Waals surface area (Å²) >= 11 is 0. The Balaban J connectivity index is 1.54. The van der Waals surface area contributed by atoms with E-state index >= 15 is 0 Å². The number of piperidine rings is 1. The number of aromatic nitrogens is 4. The zero-order valence-electron chi connectivity index (χ0n) is 12.6. The van der Waals surface area contributed by atoms with E-state index < -0.39 is 0 Å². The lowest BCUT2D eigenvalue weighted by atomic mass is 10.0. The van der Waals surface area contributed by atoms with Crippen molar-refractivity contribution in [1.29, 1.82) is 0 Å². The van der Waals surface area contributed by atoms with E-state index in [9.17, 15) is 4.79 Å². The highest BCUT2D eigenvalue weighted by Crippen LogP contribution is 2.16. The molecule has 1 aliphatic rings. The Bertz CT molecular complexity index is 663. The van der Waals surface area contributed by atoms with Crippen molar-refractivity contribution in [3.8, 4) is 0 Å². The second kappa shape index (κ2) is 6.65. The van der Waals surface area contributed by atoms with Crippen molar-refractivity contribution in [3.63, 3.8) is 0 Å². The molecule has 0 unspecified atom stereocenters. The van der Waals surface area contributed by atoms with Crippen LogP contribution in [0, 0.1) is 0 Å². The molecule has 7 heteroatoms. The third-order valence-corrected chi connectivity index (χ3v) is 4.08. The van der Waals surface area contributed by atoms with Crippen LogP contribution in [0.3, 0.4) is 0 Å². The lowest BCUT2D eigenvalue weighted by Crippen LogP contribution is -2.39. The third kappa shape index (κ3) is 3.48. The summed E-state index contributed by atoms with van der Waals surface area (Å²) in [5, 5.41) is 3.44. The fourth-order valence-corrected chi connectivity index (χ4v) is 2.70. The molecule has 7 nitrogen and oxygen atoms in total. The minimum absolute atomic E-state index is 0.0576. The molecule has 1 fully saturated rings. The van der Waals surface area contributed by atoms with Crippen molar-refractivity contribution < 1.29 is 0 Å². The molecule has 0 atom stereocenters. The van der Waals surface area contributed by atoms with Crippen LogP contribution in [0.5, 0.6) is 0 Å². The molecule has 3 rings (SSSR count). The topological polar surface area (TPSA) is 75.9 Å². The number of nitrogens with zero attached hydrogens (tertiary/aromatic N) is 5. The molecule has 0 amide bonds.